The highest BCUT2D eigenvalue weighted by Gasteiger charge is 2.00. The first-order chi connectivity index (χ1) is 4.34. The standard InChI is InChI=1S/C6H9N3/c1-2-5(7)6-3-4-8-9-6/h2-5H,1,7H2,(H,8,9). The van der Waals surface area contributed by atoms with E-state index in [0.717, 1.165) is 5.69 Å². The maximum atomic E-state index is 5.54. The number of rotatable bonds is 2. The molecule has 1 heterocycles. The van der Waals surface area contributed by atoms with Crippen molar-refractivity contribution >= 4 is 0 Å². The molecule has 3 nitrogen and oxygen atoms in total. The van der Waals surface area contributed by atoms with Crippen LogP contribution in [0.3, 0.4) is 0 Å². The highest BCUT2D eigenvalue weighted by molar-refractivity contribution is 5.08. The minimum absolute atomic E-state index is 0.142. The number of aromatic amines is 1. The maximum absolute atomic E-state index is 5.54. The van der Waals surface area contributed by atoms with E-state index in [1.807, 2.05) is 6.07 Å². The van der Waals surface area contributed by atoms with Crippen LogP contribution in [-0.4, -0.2) is 10.2 Å². The summed E-state index contributed by atoms with van der Waals surface area (Å²) in [7, 11) is 0. The van der Waals surface area contributed by atoms with Crippen LogP contribution >= 0.6 is 0 Å². The second kappa shape index (κ2) is 2.46. The number of hydrogen-bond acceptors (Lipinski definition) is 2. The number of nitrogens with one attached hydrogen (secondary N) is 1. The third-order valence-corrected chi connectivity index (χ3v) is 1.12. The van der Waals surface area contributed by atoms with Crippen molar-refractivity contribution in [2.75, 3.05) is 0 Å². The first-order valence-corrected chi connectivity index (χ1v) is 2.72. The summed E-state index contributed by atoms with van der Waals surface area (Å²) in [6.07, 6.45) is 3.38. The molecule has 0 aliphatic heterocycles. The quantitative estimate of drug-likeness (QED) is 0.565. The lowest BCUT2D eigenvalue weighted by molar-refractivity contribution is 0.847. The zero-order chi connectivity index (χ0) is 6.69. The molecule has 3 N–H and O–H groups in total. The summed E-state index contributed by atoms with van der Waals surface area (Å²) in [4.78, 5) is 0. The van der Waals surface area contributed by atoms with Gasteiger partial charge in [0.15, 0.2) is 0 Å². The first-order valence-electron chi connectivity index (χ1n) is 2.72. The molecule has 0 aromatic carbocycles. The summed E-state index contributed by atoms with van der Waals surface area (Å²) in [5.41, 5.74) is 6.36. The molecule has 0 saturated heterocycles. The van der Waals surface area contributed by atoms with Crippen molar-refractivity contribution in [2.45, 2.75) is 6.04 Å². The van der Waals surface area contributed by atoms with Crippen molar-refractivity contribution in [3.63, 3.8) is 0 Å². The fourth-order valence-electron chi connectivity index (χ4n) is 0.578. The molecule has 1 aromatic heterocycles. The Kier molecular flexibility index (Phi) is 1.65. The van der Waals surface area contributed by atoms with Crippen molar-refractivity contribution in [1.29, 1.82) is 0 Å². The summed E-state index contributed by atoms with van der Waals surface area (Å²) in [6.45, 7) is 3.54. The van der Waals surface area contributed by atoms with Gasteiger partial charge in [-0.15, -0.1) is 6.58 Å². The van der Waals surface area contributed by atoms with E-state index in [1.165, 1.54) is 0 Å². The molecule has 0 spiro atoms. The second-order valence-electron chi connectivity index (χ2n) is 1.76. The van der Waals surface area contributed by atoms with Gasteiger partial charge in [-0.1, -0.05) is 6.08 Å². The molecule has 48 valence electrons. The van der Waals surface area contributed by atoms with E-state index >= 15 is 0 Å². The Hall–Kier alpha value is -1.09. The minimum atomic E-state index is -0.142. The van der Waals surface area contributed by atoms with E-state index in [0.29, 0.717) is 0 Å². The van der Waals surface area contributed by atoms with E-state index in [9.17, 15) is 0 Å². The Balaban J connectivity index is 2.76. The lowest BCUT2D eigenvalue weighted by atomic mass is 10.2. The molecule has 1 unspecified atom stereocenters. The Morgan fingerprint density at radius 1 is 1.89 bits per heavy atom. The Morgan fingerprint density at radius 3 is 3.11 bits per heavy atom. The van der Waals surface area contributed by atoms with Gasteiger partial charge in [0.2, 0.25) is 0 Å². The lowest BCUT2D eigenvalue weighted by Crippen LogP contribution is -2.06. The van der Waals surface area contributed by atoms with E-state index in [1.54, 1.807) is 12.3 Å². The van der Waals surface area contributed by atoms with Crippen molar-refractivity contribution in [3.05, 3.63) is 30.6 Å². The van der Waals surface area contributed by atoms with Crippen LogP contribution in [0.5, 0.6) is 0 Å². The normalized spacial score (nSPS) is 13.0. The Labute approximate surface area is 53.6 Å². The van der Waals surface area contributed by atoms with Gasteiger partial charge in [0.05, 0.1) is 11.7 Å². The molecule has 1 atom stereocenters. The van der Waals surface area contributed by atoms with Gasteiger partial charge in [-0.25, -0.2) is 0 Å². The van der Waals surface area contributed by atoms with Crippen LogP contribution in [0.1, 0.15) is 11.7 Å². The van der Waals surface area contributed by atoms with Crippen LogP contribution in [0, 0.1) is 0 Å². The monoisotopic (exact) mass is 123 g/mol. The molecule has 1 aromatic rings. The topological polar surface area (TPSA) is 54.7 Å². The molecule has 0 aliphatic carbocycles. The average Bonchev–Trinajstić information content (AvgIpc) is 2.37. The predicted molar refractivity (Wildman–Crippen MR) is 35.7 cm³/mol. The average molecular weight is 123 g/mol. The molecule has 9 heavy (non-hydrogen) atoms. The Bertz CT molecular complexity index is 178. The van der Waals surface area contributed by atoms with Gasteiger partial charge in [-0.05, 0) is 6.07 Å². The number of nitrogens with two attached hydrogens (primary N) is 1. The van der Waals surface area contributed by atoms with Crippen molar-refractivity contribution in [1.82, 2.24) is 10.2 Å². The largest absolute Gasteiger partial charge is 0.319 e. The van der Waals surface area contributed by atoms with Gasteiger partial charge in [0.25, 0.3) is 0 Å². The highest BCUT2D eigenvalue weighted by atomic mass is 15.1. The van der Waals surface area contributed by atoms with Crippen LogP contribution in [0.25, 0.3) is 0 Å². The lowest BCUT2D eigenvalue weighted by Gasteiger charge is -1.97. The number of hydrogen-bond donors (Lipinski definition) is 2. The van der Waals surface area contributed by atoms with Crippen LogP contribution in [0.4, 0.5) is 0 Å². The van der Waals surface area contributed by atoms with Crippen LogP contribution < -0.4 is 5.73 Å². The van der Waals surface area contributed by atoms with Crippen LogP contribution in [0.15, 0.2) is 24.9 Å². The zero-order valence-electron chi connectivity index (χ0n) is 5.04. The molecule has 1 rings (SSSR count). The van der Waals surface area contributed by atoms with Gasteiger partial charge in [0, 0.05) is 6.20 Å². The summed E-state index contributed by atoms with van der Waals surface area (Å²) in [5.74, 6) is 0. The summed E-state index contributed by atoms with van der Waals surface area (Å²) in [5, 5.41) is 6.53. The van der Waals surface area contributed by atoms with Gasteiger partial charge >= 0.3 is 0 Å². The van der Waals surface area contributed by atoms with Crippen molar-refractivity contribution < 1.29 is 0 Å². The van der Waals surface area contributed by atoms with Gasteiger partial charge in [-0.2, -0.15) is 5.10 Å². The maximum Gasteiger partial charge on any atom is 0.0828 e. The second-order valence-corrected chi connectivity index (χ2v) is 1.76. The molecule has 0 amide bonds. The Morgan fingerprint density at radius 2 is 2.67 bits per heavy atom. The summed E-state index contributed by atoms with van der Waals surface area (Å²) in [6, 6.07) is 1.68. The fraction of sp³-hybridized carbons (Fsp3) is 0.167. The van der Waals surface area contributed by atoms with E-state index < -0.39 is 0 Å². The molecule has 0 radical (unpaired) electrons. The molecular formula is C6H9N3. The zero-order valence-corrected chi connectivity index (χ0v) is 5.04. The van der Waals surface area contributed by atoms with Crippen LogP contribution in [-0.2, 0) is 0 Å². The SMILES string of the molecule is C=CC(N)c1cc[nH]n1. The van der Waals surface area contributed by atoms with Gasteiger partial charge < -0.3 is 5.73 Å². The number of H-pyrrole nitrogens is 1. The van der Waals surface area contributed by atoms with Crippen LogP contribution in [0.2, 0.25) is 0 Å². The van der Waals surface area contributed by atoms with Gasteiger partial charge in [-0.3, -0.25) is 5.10 Å². The highest BCUT2D eigenvalue weighted by Crippen LogP contribution is 2.04. The minimum Gasteiger partial charge on any atom is -0.319 e. The smallest absolute Gasteiger partial charge is 0.0828 e. The fourth-order valence-corrected chi connectivity index (χ4v) is 0.578. The van der Waals surface area contributed by atoms with Crippen molar-refractivity contribution in [2.24, 2.45) is 5.73 Å². The summed E-state index contributed by atoms with van der Waals surface area (Å²) >= 11 is 0. The first kappa shape index (κ1) is 6.04. The molecule has 0 aliphatic rings. The van der Waals surface area contributed by atoms with E-state index in [4.69, 9.17) is 5.73 Å². The third-order valence-electron chi connectivity index (χ3n) is 1.12. The molecule has 3 heteroatoms. The van der Waals surface area contributed by atoms with E-state index in [-0.39, 0.29) is 6.04 Å². The third kappa shape index (κ3) is 1.17. The molecule has 0 bridgehead atoms. The molecule has 0 fully saturated rings. The van der Waals surface area contributed by atoms with Crippen molar-refractivity contribution in [3.8, 4) is 0 Å². The summed E-state index contributed by atoms with van der Waals surface area (Å²) < 4.78 is 0. The molecule has 0 saturated carbocycles. The van der Waals surface area contributed by atoms with Gasteiger partial charge in [0.1, 0.15) is 0 Å². The van der Waals surface area contributed by atoms with E-state index in [2.05, 4.69) is 16.8 Å². The molecular weight excluding hydrogens is 114 g/mol. The number of aromatic nitrogens is 2. The number of nitrogens with zero attached hydrogens (tertiary/aromatic N) is 1. The predicted octanol–water partition coefficient (Wildman–Crippen LogP) is 0.596.